The lowest BCUT2D eigenvalue weighted by Crippen LogP contribution is -2.34. The first kappa shape index (κ1) is 20.0. The van der Waals surface area contributed by atoms with Crippen LogP contribution in [0.1, 0.15) is 27.9 Å². The lowest BCUT2D eigenvalue weighted by molar-refractivity contribution is 0.0773. The molecule has 1 aliphatic rings. The van der Waals surface area contributed by atoms with Crippen molar-refractivity contribution in [1.82, 2.24) is 4.90 Å². The molecule has 1 aromatic heterocycles. The van der Waals surface area contributed by atoms with E-state index in [0.29, 0.717) is 40.9 Å². The summed E-state index contributed by atoms with van der Waals surface area (Å²) in [5, 5.41) is 0.436. The predicted octanol–water partition coefficient (Wildman–Crippen LogP) is 5.70. The molecule has 158 valence electrons. The molecule has 0 spiro atoms. The van der Waals surface area contributed by atoms with E-state index in [1.165, 1.54) is 11.1 Å². The summed E-state index contributed by atoms with van der Waals surface area (Å²) in [6.07, 6.45) is 2.90. The van der Waals surface area contributed by atoms with Gasteiger partial charge in [-0.05, 0) is 36.6 Å². The maximum atomic E-state index is 13.4. The van der Waals surface area contributed by atoms with Gasteiger partial charge in [0.15, 0.2) is 11.0 Å². The molecular weight excluding hydrogens is 398 g/mol. The molecule has 3 aromatic carbocycles. The van der Waals surface area contributed by atoms with Gasteiger partial charge in [-0.1, -0.05) is 72.8 Å². The Labute approximate surface area is 186 Å². The van der Waals surface area contributed by atoms with Crippen LogP contribution in [0.3, 0.4) is 0 Å². The second kappa shape index (κ2) is 8.31. The minimum Gasteiger partial charge on any atom is -0.455 e. The highest BCUT2D eigenvalue weighted by Crippen LogP contribution is 2.29. The SMILES string of the molecule is Cc1c(-c2ccccc2)oc2c(C(=O)N3CC=C(c4ccccc4)CC3)cccc2c1=O. The van der Waals surface area contributed by atoms with Gasteiger partial charge in [0.05, 0.1) is 10.9 Å². The number of rotatable bonds is 3. The lowest BCUT2D eigenvalue weighted by atomic mass is 9.99. The molecule has 0 atom stereocenters. The van der Waals surface area contributed by atoms with Gasteiger partial charge in [-0.3, -0.25) is 9.59 Å². The first-order valence-electron chi connectivity index (χ1n) is 10.8. The summed E-state index contributed by atoms with van der Waals surface area (Å²) in [6.45, 7) is 2.92. The average molecular weight is 421 g/mol. The van der Waals surface area contributed by atoms with Gasteiger partial charge in [0.1, 0.15) is 5.76 Å². The van der Waals surface area contributed by atoms with E-state index in [9.17, 15) is 9.59 Å². The van der Waals surface area contributed by atoms with E-state index in [4.69, 9.17) is 4.42 Å². The van der Waals surface area contributed by atoms with Gasteiger partial charge in [0, 0.05) is 24.2 Å². The Kier molecular flexibility index (Phi) is 5.20. The second-order valence-corrected chi connectivity index (χ2v) is 8.03. The van der Waals surface area contributed by atoms with Crippen molar-refractivity contribution in [2.75, 3.05) is 13.1 Å². The number of carbonyl (C=O) groups is 1. The summed E-state index contributed by atoms with van der Waals surface area (Å²) < 4.78 is 6.23. The van der Waals surface area contributed by atoms with Crippen LogP contribution >= 0.6 is 0 Å². The van der Waals surface area contributed by atoms with Crippen LogP contribution in [-0.4, -0.2) is 23.9 Å². The van der Waals surface area contributed by atoms with Gasteiger partial charge < -0.3 is 9.32 Å². The maximum absolute atomic E-state index is 13.4. The van der Waals surface area contributed by atoms with E-state index in [-0.39, 0.29) is 11.3 Å². The van der Waals surface area contributed by atoms with Crippen LogP contribution in [0.15, 0.2) is 94.2 Å². The third-order valence-electron chi connectivity index (χ3n) is 6.05. The molecule has 0 saturated heterocycles. The van der Waals surface area contributed by atoms with Gasteiger partial charge >= 0.3 is 0 Å². The van der Waals surface area contributed by atoms with Crippen LogP contribution in [0.2, 0.25) is 0 Å². The Bertz CT molecular complexity index is 1390. The topological polar surface area (TPSA) is 50.5 Å². The van der Waals surface area contributed by atoms with Gasteiger partial charge in [0.2, 0.25) is 0 Å². The quantitative estimate of drug-likeness (QED) is 0.426. The minimum absolute atomic E-state index is 0.107. The van der Waals surface area contributed by atoms with E-state index < -0.39 is 0 Å². The van der Waals surface area contributed by atoms with Gasteiger partial charge in [-0.25, -0.2) is 0 Å². The Morgan fingerprint density at radius 3 is 2.22 bits per heavy atom. The predicted molar refractivity (Wildman–Crippen MR) is 128 cm³/mol. The van der Waals surface area contributed by atoms with Crippen molar-refractivity contribution in [3.05, 3.63) is 112 Å². The molecule has 0 fully saturated rings. The molecule has 0 aliphatic carbocycles. The number of fused-ring (bicyclic) bond motifs is 1. The third kappa shape index (κ3) is 3.54. The van der Waals surface area contributed by atoms with E-state index in [1.807, 2.05) is 53.4 Å². The van der Waals surface area contributed by atoms with Crippen LogP contribution in [-0.2, 0) is 0 Å². The minimum atomic E-state index is -0.120. The van der Waals surface area contributed by atoms with Crippen molar-refractivity contribution in [2.45, 2.75) is 13.3 Å². The third-order valence-corrected chi connectivity index (χ3v) is 6.05. The van der Waals surface area contributed by atoms with Gasteiger partial charge in [0.25, 0.3) is 5.91 Å². The fraction of sp³-hybridized carbons (Fsp3) is 0.143. The standard InChI is InChI=1S/C28H23NO3/c1-19-25(30)23-13-8-14-24(27(23)32-26(19)22-11-6-3-7-12-22)28(31)29-17-15-21(16-18-29)20-9-4-2-5-10-20/h2-15H,16-18H2,1H3. The molecular formula is C28H23NO3. The molecule has 4 aromatic rings. The molecule has 0 unspecified atom stereocenters. The lowest BCUT2D eigenvalue weighted by Gasteiger charge is -2.27. The molecule has 1 amide bonds. The fourth-order valence-corrected chi connectivity index (χ4v) is 4.28. The zero-order valence-corrected chi connectivity index (χ0v) is 17.9. The van der Waals surface area contributed by atoms with E-state index in [2.05, 4.69) is 18.2 Å². The van der Waals surface area contributed by atoms with Crippen LogP contribution < -0.4 is 5.43 Å². The highest BCUT2D eigenvalue weighted by atomic mass is 16.3. The van der Waals surface area contributed by atoms with Crippen LogP contribution in [0, 0.1) is 6.92 Å². The van der Waals surface area contributed by atoms with E-state index >= 15 is 0 Å². The number of benzene rings is 3. The van der Waals surface area contributed by atoms with Gasteiger partial charge in [-0.2, -0.15) is 0 Å². The molecule has 4 heteroatoms. The molecule has 0 bridgehead atoms. The number of amides is 1. The smallest absolute Gasteiger partial charge is 0.257 e. The summed E-state index contributed by atoms with van der Waals surface area (Å²) in [6, 6.07) is 25.0. The molecule has 1 aliphatic heterocycles. The number of para-hydroxylation sites is 1. The maximum Gasteiger partial charge on any atom is 0.257 e. The van der Waals surface area contributed by atoms with Gasteiger partial charge in [-0.15, -0.1) is 0 Å². The van der Waals surface area contributed by atoms with Crippen molar-refractivity contribution in [2.24, 2.45) is 0 Å². The molecule has 2 heterocycles. The zero-order valence-electron chi connectivity index (χ0n) is 17.9. The largest absolute Gasteiger partial charge is 0.455 e. The first-order chi connectivity index (χ1) is 15.6. The number of hydrogen-bond acceptors (Lipinski definition) is 3. The number of carbonyl (C=O) groups excluding carboxylic acids is 1. The second-order valence-electron chi connectivity index (χ2n) is 8.03. The van der Waals surface area contributed by atoms with Crippen molar-refractivity contribution in [3.63, 3.8) is 0 Å². The molecule has 0 saturated carbocycles. The zero-order chi connectivity index (χ0) is 22.1. The summed E-state index contributed by atoms with van der Waals surface area (Å²) >= 11 is 0. The molecule has 5 rings (SSSR count). The van der Waals surface area contributed by atoms with E-state index in [0.717, 1.165) is 12.0 Å². The molecule has 0 radical (unpaired) electrons. The van der Waals surface area contributed by atoms with Crippen LogP contribution in [0.25, 0.3) is 27.9 Å². The Morgan fingerprint density at radius 2 is 1.56 bits per heavy atom. The number of nitrogens with zero attached hydrogens (tertiary/aromatic N) is 1. The average Bonchev–Trinajstić information content (AvgIpc) is 2.86. The van der Waals surface area contributed by atoms with Crippen molar-refractivity contribution < 1.29 is 9.21 Å². The summed E-state index contributed by atoms with van der Waals surface area (Å²) in [5.74, 6) is 0.387. The molecule has 0 N–H and O–H groups in total. The van der Waals surface area contributed by atoms with Crippen LogP contribution in [0.4, 0.5) is 0 Å². The summed E-state index contributed by atoms with van der Waals surface area (Å²) in [4.78, 5) is 28.3. The first-order valence-corrected chi connectivity index (χ1v) is 10.8. The molecule has 32 heavy (non-hydrogen) atoms. The Balaban J connectivity index is 1.53. The fourth-order valence-electron chi connectivity index (χ4n) is 4.28. The van der Waals surface area contributed by atoms with Crippen molar-refractivity contribution in [3.8, 4) is 11.3 Å². The van der Waals surface area contributed by atoms with Crippen molar-refractivity contribution >= 4 is 22.4 Å². The van der Waals surface area contributed by atoms with E-state index in [1.54, 1.807) is 25.1 Å². The normalized spacial score (nSPS) is 13.8. The highest BCUT2D eigenvalue weighted by molar-refractivity contribution is 6.05. The van der Waals surface area contributed by atoms with Crippen molar-refractivity contribution in [1.29, 1.82) is 0 Å². The van der Waals surface area contributed by atoms with Crippen LogP contribution in [0.5, 0.6) is 0 Å². The monoisotopic (exact) mass is 421 g/mol. The molecule has 4 nitrogen and oxygen atoms in total. The summed E-state index contributed by atoms with van der Waals surface area (Å²) in [5.41, 5.74) is 4.48. The Hall–Kier alpha value is -3.92. The summed E-state index contributed by atoms with van der Waals surface area (Å²) in [7, 11) is 0. The Morgan fingerprint density at radius 1 is 0.875 bits per heavy atom. The highest BCUT2D eigenvalue weighted by Gasteiger charge is 2.24. The number of hydrogen-bond donors (Lipinski definition) is 0.